The zero-order chi connectivity index (χ0) is 13.1. The summed E-state index contributed by atoms with van der Waals surface area (Å²) in [6, 6.07) is 4.00. The standard InChI is InChI=1S/C14H19NO3/c1-18-14(17)4-2-3-9-5-10-7-11(15)8-12(10)13(16)6-9/h5-6,11,16H,2-4,7-8,15H2,1H3. The van der Waals surface area contributed by atoms with Crippen LogP contribution in [-0.2, 0) is 28.8 Å². The zero-order valence-electron chi connectivity index (χ0n) is 10.6. The number of methoxy groups -OCH3 is 1. The molecule has 0 aliphatic heterocycles. The number of nitrogens with two attached hydrogens (primary N) is 1. The average Bonchev–Trinajstić information content (AvgIpc) is 2.70. The first-order valence-electron chi connectivity index (χ1n) is 6.26. The molecule has 0 saturated carbocycles. The molecule has 0 amide bonds. The third-order valence-electron chi connectivity index (χ3n) is 3.40. The Bertz CT molecular complexity index is 457. The Morgan fingerprint density at radius 2 is 2.28 bits per heavy atom. The first-order chi connectivity index (χ1) is 8.60. The maximum Gasteiger partial charge on any atom is 0.305 e. The highest BCUT2D eigenvalue weighted by Crippen LogP contribution is 2.31. The summed E-state index contributed by atoms with van der Waals surface area (Å²) in [5, 5.41) is 9.94. The fourth-order valence-corrected chi connectivity index (χ4v) is 2.50. The second kappa shape index (κ2) is 5.40. The molecule has 3 N–H and O–H groups in total. The first-order valence-corrected chi connectivity index (χ1v) is 6.26. The van der Waals surface area contributed by atoms with Gasteiger partial charge in [0.2, 0.25) is 0 Å². The molecule has 0 spiro atoms. The van der Waals surface area contributed by atoms with Crippen molar-refractivity contribution in [3.05, 3.63) is 28.8 Å². The summed E-state index contributed by atoms with van der Waals surface area (Å²) in [4.78, 5) is 11.0. The molecule has 1 aliphatic carbocycles. The fraction of sp³-hybridized carbons (Fsp3) is 0.500. The summed E-state index contributed by atoms with van der Waals surface area (Å²) in [6.45, 7) is 0. The number of hydrogen-bond donors (Lipinski definition) is 2. The summed E-state index contributed by atoms with van der Waals surface area (Å²) >= 11 is 0. The Balaban J connectivity index is 2.01. The number of hydrogen-bond acceptors (Lipinski definition) is 4. The molecule has 0 fully saturated rings. The number of aromatic hydroxyl groups is 1. The van der Waals surface area contributed by atoms with Crippen LogP contribution in [0.15, 0.2) is 12.1 Å². The van der Waals surface area contributed by atoms with Crippen molar-refractivity contribution in [2.45, 2.75) is 38.1 Å². The van der Waals surface area contributed by atoms with Crippen LogP contribution >= 0.6 is 0 Å². The minimum Gasteiger partial charge on any atom is -0.508 e. The summed E-state index contributed by atoms with van der Waals surface area (Å²) in [6.07, 6.45) is 3.49. The molecule has 4 heteroatoms. The van der Waals surface area contributed by atoms with Crippen LogP contribution in [0.25, 0.3) is 0 Å². The minimum atomic E-state index is -0.192. The van der Waals surface area contributed by atoms with Gasteiger partial charge in [0.1, 0.15) is 5.75 Å². The maximum atomic E-state index is 11.0. The Morgan fingerprint density at radius 3 is 3.00 bits per heavy atom. The van der Waals surface area contributed by atoms with E-state index in [4.69, 9.17) is 5.73 Å². The highest BCUT2D eigenvalue weighted by atomic mass is 16.5. The van der Waals surface area contributed by atoms with E-state index in [1.165, 1.54) is 7.11 Å². The Kier molecular flexibility index (Phi) is 3.87. The van der Waals surface area contributed by atoms with Crippen molar-refractivity contribution < 1.29 is 14.6 Å². The third kappa shape index (κ3) is 2.82. The lowest BCUT2D eigenvalue weighted by Gasteiger charge is -2.07. The Hall–Kier alpha value is -1.55. The van der Waals surface area contributed by atoms with Gasteiger partial charge in [0.25, 0.3) is 0 Å². The second-order valence-corrected chi connectivity index (χ2v) is 4.85. The number of phenolic OH excluding ortho intramolecular Hbond substituents is 1. The van der Waals surface area contributed by atoms with Crippen molar-refractivity contribution >= 4 is 5.97 Å². The van der Waals surface area contributed by atoms with Crippen LogP contribution in [0.2, 0.25) is 0 Å². The number of fused-ring (bicyclic) bond motifs is 1. The first kappa shape index (κ1) is 12.9. The topological polar surface area (TPSA) is 72.5 Å². The molecule has 1 unspecified atom stereocenters. The van der Waals surface area contributed by atoms with Gasteiger partial charge in [0.15, 0.2) is 0 Å². The summed E-state index contributed by atoms with van der Waals surface area (Å²) in [5.74, 6) is 0.149. The Labute approximate surface area is 107 Å². The summed E-state index contributed by atoms with van der Waals surface area (Å²) < 4.78 is 4.60. The van der Waals surface area contributed by atoms with Crippen LogP contribution in [0.1, 0.15) is 29.5 Å². The van der Waals surface area contributed by atoms with Crippen LogP contribution in [0.3, 0.4) is 0 Å². The molecule has 0 bridgehead atoms. The monoisotopic (exact) mass is 249 g/mol. The predicted octanol–water partition coefficient (Wildman–Crippen LogP) is 1.31. The van der Waals surface area contributed by atoms with Gasteiger partial charge in [0, 0.05) is 12.5 Å². The maximum absolute atomic E-state index is 11.0. The number of benzene rings is 1. The number of esters is 1. The Morgan fingerprint density at radius 1 is 1.50 bits per heavy atom. The van der Waals surface area contributed by atoms with Gasteiger partial charge in [-0.1, -0.05) is 6.07 Å². The largest absolute Gasteiger partial charge is 0.508 e. The highest BCUT2D eigenvalue weighted by Gasteiger charge is 2.21. The van der Waals surface area contributed by atoms with E-state index in [9.17, 15) is 9.90 Å². The molecule has 2 rings (SSSR count). The highest BCUT2D eigenvalue weighted by molar-refractivity contribution is 5.69. The summed E-state index contributed by atoms with van der Waals surface area (Å²) in [5.41, 5.74) is 9.08. The van der Waals surface area contributed by atoms with Crippen LogP contribution in [0.4, 0.5) is 0 Å². The molecule has 1 aromatic carbocycles. The lowest BCUT2D eigenvalue weighted by Crippen LogP contribution is -2.19. The van der Waals surface area contributed by atoms with Crippen molar-refractivity contribution in [3.63, 3.8) is 0 Å². The van der Waals surface area contributed by atoms with Gasteiger partial charge in [-0.05, 0) is 48.4 Å². The normalized spacial score (nSPS) is 17.6. The average molecular weight is 249 g/mol. The van der Waals surface area contributed by atoms with E-state index in [0.29, 0.717) is 12.2 Å². The van der Waals surface area contributed by atoms with E-state index in [1.807, 2.05) is 0 Å². The molecular formula is C14H19NO3. The number of aryl methyl sites for hydroxylation is 1. The molecule has 98 valence electrons. The van der Waals surface area contributed by atoms with Crippen molar-refractivity contribution in [3.8, 4) is 5.75 Å². The number of ether oxygens (including phenoxy) is 1. The molecule has 1 aliphatic rings. The number of carbonyl (C=O) groups is 1. The lowest BCUT2D eigenvalue weighted by molar-refractivity contribution is -0.140. The fourth-order valence-electron chi connectivity index (χ4n) is 2.50. The van der Waals surface area contributed by atoms with Gasteiger partial charge < -0.3 is 15.6 Å². The van der Waals surface area contributed by atoms with Crippen molar-refractivity contribution in [1.29, 1.82) is 0 Å². The molecule has 18 heavy (non-hydrogen) atoms. The lowest BCUT2D eigenvalue weighted by atomic mass is 10.0. The van der Waals surface area contributed by atoms with Gasteiger partial charge >= 0.3 is 5.97 Å². The van der Waals surface area contributed by atoms with Gasteiger partial charge in [-0.25, -0.2) is 0 Å². The molecule has 1 aromatic rings. The number of phenols is 1. The molecule has 0 heterocycles. The molecule has 0 radical (unpaired) electrons. The van der Waals surface area contributed by atoms with E-state index in [1.54, 1.807) is 6.07 Å². The van der Waals surface area contributed by atoms with Gasteiger partial charge in [0.05, 0.1) is 7.11 Å². The van der Waals surface area contributed by atoms with Crippen LogP contribution in [0, 0.1) is 0 Å². The van der Waals surface area contributed by atoms with Crippen LogP contribution in [0.5, 0.6) is 5.75 Å². The molecule has 4 nitrogen and oxygen atoms in total. The van der Waals surface area contributed by atoms with E-state index in [-0.39, 0.29) is 12.0 Å². The molecular weight excluding hydrogens is 230 g/mol. The summed E-state index contributed by atoms with van der Waals surface area (Å²) in [7, 11) is 1.39. The smallest absolute Gasteiger partial charge is 0.305 e. The molecule has 1 atom stereocenters. The van der Waals surface area contributed by atoms with E-state index >= 15 is 0 Å². The second-order valence-electron chi connectivity index (χ2n) is 4.85. The van der Waals surface area contributed by atoms with Crippen molar-refractivity contribution in [1.82, 2.24) is 0 Å². The third-order valence-corrected chi connectivity index (χ3v) is 3.40. The number of carbonyl (C=O) groups excluding carboxylic acids is 1. The van der Waals surface area contributed by atoms with E-state index in [2.05, 4.69) is 10.8 Å². The number of rotatable bonds is 4. The van der Waals surface area contributed by atoms with Crippen molar-refractivity contribution in [2.75, 3.05) is 7.11 Å². The van der Waals surface area contributed by atoms with Gasteiger partial charge in [-0.2, -0.15) is 0 Å². The quantitative estimate of drug-likeness (QED) is 0.789. The van der Waals surface area contributed by atoms with Gasteiger partial charge in [-0.3, -0.25) is 4.79 Å². The minimum absolute atomic E-state index is 0.121. The predicted molar refractivity (Wildman–Crippen MR) is 68.4 cm³/mol. The zero-order valence-corrected chi connectivity index (χ0v) is 10.6. The van der Waals surface area contributed by atoms with Crippen molar-refractivity contribution in [2.24, 2.45) is 5.73 Å². The van der Waals surface area contributed by atoms with Crippen LogP contribution in [-0.4, -0.2) is 24.2 Å². The SMILES string of the molecule is COC(=O)CCCc1cc(O)c2c(c1)CC(N)C2. The van der Waals surface area contributed by atoms with E-state index < -0.39 is 0 Å². The molecule has 0 aromatic heterocycles. The van der Waals surface area contributed by atoms with Crippen LogP contribution < -0.4 is 5.73 Å². The molecule has 0 saturated heterocycles. The van der Waals surface area contributed by atoms with Gasteiger partial charge in [-0.15, -0.1) is 0 Å². The van der Waals surface area contributed by atoms with E-state index in [0.717, 1.165) is 42.4 Å².